The summed E-state index contributed by atoms with van der Waals surface area (Å²) in [5, 5.41) is 8.54. The molecule has 0 unspecified atom stereocenters. The number of nitrogens with one attached hydrogen (secondary N) is 1. The van der Waals surface area contributed by atoms with E-state index in [1.165, 1.54) is 4.90 Å². The van der Waals surface area contributed by atoms with Crippen molar-refractivity contribution in [2.45, 2.75) is 46.2 Å². The summed E-state index contributed by atoms with van der Waals surface area (Å²) in [4.78, 5) is 32.5. The summed E-state index contributed by atoms with van der Waals surface area (Å²) in [5.74, 6) is -0.679. The Morgan fingerprint density at radius 3 is 2.33 bits per heavy atom. The molecule has 3 aromatic rings. The van der Waals surface area contributed by atoms with Crippen LogP contribution in [0.3, 0.4) is 0 Å². The van der Waals surface area contributed by atoms with Gasteiger partial charge in [0.1, 0.15) is 6.04 Å². The second kappa shape index (κ2) is 8.71. The Morgan fingerprint density at radius 2 is 1.77 bits per heavy atom. The number of hydrogen-bond donors (Lipinski definition) is 1. The summed E-state index contributed by atoms with van der Waals surface area (Å²) in [5.41, 5.74) is 3.11. The first-order valence-electron chi connectivity index (χ1n) is 9.57. The lowest BCUT2D eigenvalue weighted by molar-refractivity contribution is -0.123. The van der Waals surface area contributed by atoms with Crippen LogP contribution in [0.5, 0.6) is 0 Å². The van der Waals surface area contributed by atoms with Crippen molar-refractivity contribution in [1.82, 2.24) is 19.9 Å². The molecule has 156 valence electrons. The van der Waals surface area contributed by atoms with Crippen LogP contribution >= 0.6 is 11.5 Å². The fourth-order valence-corrected chi connectivity index (χ4v) is 3.47. The molecular formula is C22H25N5O2S. The van der Waals surface area contributed by atoms with E-state index in [-0.39, 0.29) is 11.6 Å². The summed E-state index contributed by atoms with van der Waals surface area (Å²) in [6, 6.07) is 8.28. The van der Waals surface area contributed by atoms with Crippen molar-refractivity contribution in [1.29, 1.82) is 0 Å². The van der Waals surface area contributed by atoms with Crippen molar-refractivity contribution in [3.05, 3.63) is 70.5 Å². The number of aryl methyl sites for hydroxylation is 2. The number of aromatic nitrogens is 3. The Labute approximate surface area is 180 Å². The lowest BCUT2D eigenvalue weighted by Gasteiger charge is -2.33. The summed E-state index contributed by atoms with van der Waals surface area (Å²) in [6.07, 6.45) is 3.22. The highest BCUT2D eigenvalue weighted by molar-refractivity contribution is 7.03. The lowest BCUT2D eigenvalue weighted by Crippen LogP contribution is -2.49. The van der Waals surface area contributed by atoms with Gasteiger partial charge in [0.2, 0.25) is 5.91 Å². The van der Waals surface area contributed by atoms with Gasteiger partial charge >= 0.3 is 0 Å². The first-order chi connectivity index (χ1) is 14.2. The number of carbonyl (C=O) groups excluding carboxylic acids is 2. The molecule has 0 aliphatic heterocycles. The molecule has 0 bridgehead atoms. The van der Waals surface area contributed by atoms with Gasteiger partial charge in [-0.1, -0.05) is 10.6 Å². The first-order valence-corrected chi connectivity index (χ1v) is 10.4. The fraction of sp³-hybridized carbons (Fsp3) is 0.318. The maximum atomic E-state index is 13.5. The Hall–Kier alpha value is -3.13. The standard InChI is InChI=1S/C22H25N5O2S/c1-14-6-7-17(12-15(14)2)27(21(29)18-13-30-26-25-18)19(16-8-10-23-11-9-16)20(28)24-22(3,4)5/h6-13,19H,1-5H3,(H,24,28)/t19-/m0/s1. The van der Waals surface area contributed by atoms with Crippen LogP contribution in [0, 0.1) is 13.8 Å². The number of benzene rings is 1. The molecular weight excluding hydrogens is 398 g/mol. The Balaban J connectivity index is 2.18. The highest BCUT2D eigenvalue weighted by atomic mass is 32.1. The molecule has 0 saturated carbocycles. The molecule has 3 rings (SSSR count). The van der Waals surface area contributed by atoms with E-state index in [0.717, 1.165) is 22.7 Å². The third kappa shape index (κ3) is 4.88. The molecule has 8 heteroatoms. The van der Waals surface area contributed by atoms with Crippen molar-refractivity contribution < 1.29 is 9.59 Å². The smallest absolute Gasteiger partial charge is 0.280 e. The molecule has 2 aromatic heterocycles. The molecule has 7 nitrogen and oxygen atoms in total. The minimum absolute atomic E-state index is 0.195. The number of pyridine rings is 1. The van der Waals surface area contributed by atoms with Crippen LogP contribution in [-0.2, 0) is 4.79 Å². The SMILES string of the molecule is Cc1ccc(N(C(=O)c2csnn2)[C@H](C(=O)NC(C)(C)C)c2ccncc2)cc1C. The molecule has 0 saturated heterocycles. The topological polar surface area (TPSA) is 88.1 Å². The van der Waals surface area contributed by atoms with Crippen molar-refractivity contribution in [2.24, 2.45) is 0 Å². The zero-order chi connectivity index (χ0) is 21.9. The summed E-state index contributed by atoms with van der Waals surface area (Å²) >= 11 is 1.09. The highest BCUT2D eigenvalue weighted by Gasteiger charge is 2.35. The van der Waals surface area contributed by atoms with Gasteiger partial charge < -0.3 is 5.32 Å². The first kappa shape index (κ1) is 21.6. The quantitative estimate of drug-likeness (QED) is 0.673. The molecule has 1 atom stereocenters. The van der Waals surface area contributed by atoms with Crippen LogP contribution in [0.4, 0.5) is 5.69 Å². The molecule has 1 aromatic carbocycles. The van der Waals surface area contributed by atoms with Crippen molar-refractivity contribution in [3.63, 3.8) is 0 Å². The molecule has 0 aliphatic carbocycles. The molecule has 0 radical (unpaired) electrons. The van der Waals surface area contributed by atoms with E-state index in [1.807, 2.05) is 52.8 Å². The van der Waals surface area contributed by atoms with Gasteiger partial charge in [0.15, 0.2) is 5.69 Å². The minimum Gasteiger partial charge on any atom is -0.349 e. The summed E-state index contributed by atoms with van der Waals surface area (Å²) in [6.45, 7) is 9.69. The third-order valence-corrected chi connectivity index (χ3v) is 5.10. The number of carbonyl (C=O) groups is 2. The molecule has 0 aliphatic rings. The number of rotatable bonds is 5. The minimum atomic E-state index is -0.900. The van der Waals surface area contributed by atoms with E-state index in [1.54, 1.807) is 29.9 Å². The monoisotopic (exact) mass is 423 g/mol. The van der Waals surface area contributed by atoms with Gasteiger partial charge in [-0.05, 0) is 87.1 Å². The second-order valence-electron chi connectivity index (χ2n) is 8.16. The van der Waals surface area contributed by atoms with Gasteiger partial charge in [-0.2, -0.15) is 0 Å². The maximum Gasteiger partial charge on any atom is 0.280 e. The average molecular weight is 424 g/mol. The van der Waals surface area contributed by atoms with Crippen LogP contribution in [0.25, 0.3) is 0 Å². The maximum absolute atomic E-state index is 13.5. The molecule has 2 heterocycles. The van der Waals surface area contributed by atoms with Gasteiger partial charge in [-0.3, -0.25) is 19.5 Å². The second-order valence-corrected chi connectivity index (χ2v) is 8.77. The van der Waals surface area contributed by atoms with Crippen LogP contribution in [-0.4, -0.2) is 31.9 Å². The Kier molecular flexibility index (Phi) is 6.26. The molecule has 0 fully saturated rings. The van der Waals surface area contributed by atoms with E-state index >= 15 is 0 Å². The third-order valence-electron chi connectivity index (χ3n) is 4.59. The summed E-state index contributed by atoms with van der Waals surface area (Å²) < 4.78 is 3.82. The van der Waals surface area contributed by atoms with Gasteiger partial charge in [-0.15, -0.1) is 5.10 Å². The largest absolute Gasteiger partial charge is 0.349 e. The van der Waals surface area contributed by atoms with Crippen LogP contribution in [0.2, 0.25) is 0 Å². The molecule has 1 N–H and O–H groups in total. The van der Waals surface area contributed by atoms with E-state index < -0.39 is 17.5 Å². The Bertz CT molecular complexity index is 1030. The Morgan fingerprint density at radius 1 is 1.07 bits per heavy atom. The van der Waals surface area contributed by atoms with Crippen molar-refractivity contribution in [3.8, 4) is 0 Å². The number of anilines is 1. The zero-order valence-corrected chi connectivity index (χ0v) is 18.5. The van der Waals surface area contributed by atoms with Crippen LogP contribution < -0.4 is 10.2 Å². The molecule has 2 amide bonds. The van der Waals surface area contributed by atoms with Gasteiger partial charge in [-0.25, -0.2) is 0 Å². The number of hydrogen-bond acceptors (Lipinski definition) is 6. The van der Waals surface area contributed by atoms with Gasteiger partial charge in [0, 0.05) is 29.0 Å². The number of nitrogens with zero attached hydrogens (tertiary/aromatic N) is 4. The van der Waals surface area contributed by atoms with Gasteiger partial charge in [0.25, 0.3) is 5.91 Å². The highest BCUT2D eigenvalue weighted by Crippen LogP contribution is 2.31. The normalized spacial score (nSPS) is 12.3. The van der Waals surface area contributed by atoms with E-state index in [0.29, 0.717) is 11.3 Å². The fourth-order valence-electron chi connectivity index (χ4n) is 3.04. The summed E-state index contributed by atoms with van der Waals surface area (Å²) in [7, 11) is 0. The predicted molar refractivity (Wildman–Crippen MR) is 118 cm³/mol. The van der Waals surface area contributed by atoms with E-state index in [4.69, 9.17) is 0 Å². The van der Waals surface area contributed by atoms with E-state index in [9.17, 15) is 9.59 Å². The predicted octanol–water partition coefficient (Wildman–Crippen LogP) is 3.85. The lowest BCUT2D eigenvalue weighted by atomic mass is 10.0. The van der Waals surface area contributed by atoms with Crippen molar-refractivity contribution in [2.75, 3.05) is 4.90 Å². The van der Waals surface area contributed by atoms with Crippen LogP contribution in [0.1, 0.15) is 54.0 Å². The van der Waals surface area contributed by atoms with Crippen molar-refractivity contribution >= 4 is 29.0 Å². The zero-order valence-electron chi connectivity index (χ0n) is 17.7. The van der Waals surface area contributed by atoms with Crippen LogP contribution in [0.15, 0.2) is 48.1 Å². The molecule has 30 heavy (non-hydrogen) atoms. The number of amides is 2. The molecule has 0 spiro atoms. The average Bonchev–Trinajstić information content (AvgIpc) is 3.22. The van der Waals surface area contributed by atoms with E-state index in [2.05, 4.69) is 19.9 Å². The van der Waals surface area contributed by atoms with Gasteiger partial charge in [0.05, 0.1) is 0 Å².